The molecule has 4 fully saturated rings. The van der Waals surface area contributed by atoms with Crippen molar-refractivity contribution >= 4 is 0 Å². The van der Waals surface area contributed by atoms with Crippen molar-refractivity contribution in [1.29, 1.82) is 0 Å². The Morgan fingerprint density at radius 2 is 1.87 bits per heavy atom. The number of epoxide rings is 1. The molecule has 2 saturated carbocycles. The van der Waals surface area contributed by atoms with Crippen LogP contribution in [0.25, 0.3) is 0 Å². The second-order valence-electron chi connectivity index (χ2n) is 6.04. The van der Waals surface area contributed by atoms with Gasteiger partial charge in [-0.05, 0) is 25.2 Å². The Bertz CT molecular complexity index is 284. The second kappa shape index (κ2) is 2.78. The predicted molar refractivity (Wildman–Crippen MR) is 56.5 cm³/mol. The van der Waals surface area contributed by atoms with E-state index in [2.05, 4.69) is 0 Å². The van der Waals surface area contributed by atoms with Crippen molar-refractivity contribution in [3.05, 3.63) is 0 Å². The summed E-state index contributed by atoms with van der Waals surface area (Å²) < 4.78 is 11.9. The van der Waals surface area contributed by atoms with E-state index in [1.807, 2.05) is 0 Å². The van der Waals surface area contributed by atoms with E-state index in [0.717, 1.165) is 12.3 Å². The maximum absolute atomic E-state index is 6.10. The van der Waals surface area contributed by atoms with Gasteiger partial charge in [-0.25, -0.2) is 0 Å². The monoisotopic (exact) mass is 208 g/mol. The first-order valence-corrected chi connectivity index (χ1v) is 6.71. The fourth-order valence-corrected chi connectivity index (χ4v) is 4.28. The molecule has 4 aliphatic rings. The molecule has 4 rings (SSSR count). The van der Waals surface area contributed by atoms with Crippen LogP contribution < -0.4 is 0 Å². The van der Waals surface area contributed by atoms with Crippen molar-refractivity contribution < 1.29 is 9.47 Å². The summed E-state index contributed by atoms with van der Waals surface area (Å²) in [5, 5.41) is 0. The van der Waals surface area contributed by atoms with Crippen molar-refractivity contribution in [2.24, 2.45) is 5.92 Å². The first-order valence-electron chi connectivity index (χ1n) is 6.71. The van der Waals surface area contributed by atoms with Gasteiger partial charge in [-0.3, -0.25) is 0 Å². The summed E-state index contributed by atoms with van der Waals surface area (Å²) >= 11 is 0. The molecule has 2 heterocycles. The first-order chi connectivity index (χ1) is 7.33. The fourth-order valence-electron chi connectivity index (χ4n) is 4.28. The molecule has 2 aliphatic heterocycles. The summed E-state index contributed by atoms with van der Waals surface area (Å²) in [7, 11) is 0. The van der Waals surface area contributed by atoms with E-state index < -0.39 is 0 Å². The first kappa shape index (κ1) is 9.00. The highest BCUT2D eigenvalue weighted by molar-refractivity contribution is 5.21. The van der Waals surface area contributed by atoms with E-state index in [9.17, 15) is 0 Å². The normalized spacial score (nSPS) is 53.2. The van der Waals surface area contributed by atoms with Gasteiger partial charge in [0.25, 0.3) is 0 Å². The third-order valence-corrected chi connectivity index (χ3v) is 5.00. The van der Waals surface area contributed by atoms with Crippen LogP contribution >= 0.6 is 0 Å². The van der Waals surface area contributed by atoms with Gasteiger partial charge < -0.3 is 9.47 Å². The average molecular weight is 208 g/mol. The Morgan fingerprint density at radius 3 is 2.67 bits per heavy atom. The Kier molecular flexibility index (Phi) is 1.67. The van der Waals surface area contributed by atoms with Crippen LogP contribution in [-0.4, -0.2) is 17.5 Å². The Balaban J connectivity index is 1.45. The third kappa shape index (κ3) is 1.13. The summed E-state index contributed by atoms with van der Waals surface area (Å²) in [6, 6.07) is 0. The highest BCUT2D eigenvalue weighted by Gasteiger charge is 2.81. The van der Waals surface area contributed by atoms with Crippen LogP contribution in [0.5, 0.6) is 0 Å². The summed E-state index contributed by atoms with van der Waals surface area (Å²) in [6.45, 7) is 0. The molecule has 2 bridgehead atoms. The summed E-state index contributed by atoms with van der Waals surface area (Å²) in [4.78, 5) is 0. The summed E-state index contributed by atoms with van der Waals surface area (Å²) in [6.07, 6.45) is 12.7. The Morgan fingerprint density at radius 1 is 1.00 bits per heavy atom. The standard InChI is InChI=1S/C13H20O2/c1-2-5-10(6-3-1)9-12-7-4-8-13(15-12)11(12)14-13/h10-11H,1-9H2. The van der Waals surface area contributed by atoms with Crippen LogP contribution in [0.15, 0.2) is 0 Å². The molecule has 2 heteroatoms. The average Bonchev–Trinajstić information content (AvgIpc) is 2.90. The van der Waals surface area contributed by atoms with Gasteiger partial charge in [0.2, 0.25) is 0 Å². The van der Waals surface area contributed by atoms with E-state index in [1.165, 1.54) is 51.4 Å². The van der Waals surface area contributed by atoms with Gasteiger partial charge in [0.05, 0.1) is 0 Å². The number of hydrogen-bond donors (Lipinski definition) is 0. The molecule has 0 spiro atoms. The molecule has 2 nitrogen and oxygen atoms in total. The zero-order valence-corrected chi connectivity index (χ0v) is 9.34. The lowest BCUT2D eigenvalue weighted by Gasteiger charge is -2.49. The molecule has 2 aliphatic carbocycles. The molecule has 0 radical (unpaired) electrons. The predicted octanol–water partition coefficient (Wildman–Crippen LogP) is 3.00. The van der Waals surface area contributed by atoms with E-state index in [-0.39, 0.29) is 11.4 Å². The zero-order chi connectivity index (χ0) is 9.93. The van der Waals surface area contributed by atoms with Gasteiger partial charge in [-0.2, -0.15) is 0 Å². The number of rotatable bonds is 2. The van der Waals surface area contributed by atoms with Crippen LogP contribution in [0.4, 0.5) is 0 Å². The van der Waals surface area contributed by atoms with Gasteiger partial charge in [0.1, 0.15) is 11.7 Å². The maximum Gasteiger partial charge on any atom is 0.199 e. The third-order valence-electron chi connectivity index (χ3n) is 5.00. The van der Waals surface area contributed by atoms with Crippen LogP contribution in [0, 0.1) is 5.92 Å². The Hall–Kier alpha value is -0.0800. The lowest BCUT2D eigenvalue weighted by molar-refractivity contribution is -0.236. The van der Waals surface area contributed by atoms with Crippen LogP contribution in [0.1, 0.15) is 57.8 Å². The molecule has 3 unspecified atom stereocenters. The fraction of sp³-hybridized carbons (Fsp3) is 1.00. The van der Waals surface area contributed by atoms with Crippen molar-refractivity contribution in [2.75, 3.05) is 0 Å². The lowest BCUT2D eigenvalue weighted by Crippen LogP contribution is -2.59. The van der Waals surface area contributed by atoms with Crippen molar-refractivity contribution in [2.45, 2.75) is 75.3 Å². The maximum atomic E-state index is 6.10. The highest BCUT2D eigenvalue weighted by atomic mass is 16.9. The molecule has 0 aromatic heterocycles. The number of hydrogen-bond acceptors (Lipinski definition) is 2. The second-order valence-corrected chi connectivity index (χ2v) is 6.04. The quantitative estimate of drug-likeness (QED) is 0.651. The Labute approximate surface area is 91.3 Å². The van der Waals surface area contributed by atoms with Crippen LogP contribution in [0.3, 0.4) is 0 Å². The minimum atomic E-state index is -0.0487. The molecule has 15 heavy (non-hydrogen) atoms. The van der Waals surface area contributed by atoms with Gasteiger partial charge in [0, 0.05) is 6.42 Å². The van der Waals surface area contributed by atoms with Crippen LogP contribution in [-0.2, 0) is 9.47 Å². The van der Waals surface area contributed by atoms with Crippen molar-refractivity contribution in [1.82, 2.24) is 0 Å². The van der Waals surface area contributed by atoms with Crippen LogP contribution in [0.2, 0.25) is 0 Å². The summed E-state index contributed by atoms with van der Waals surface area (Å²) in [5.74, 6) is 0.881. The van der Waals surface area contributed by atoms with E-state index in [4.69, 9.17) is 9.47 Å². The van der Waals surface area contributed by atoms with Gasteiger partial charge >= 0.3 is 0 Å². The molecular formula is C13H20O2. The zero-order valence-electron chi connectivity index (χ0n) is 9.34. The molecule has 0 aromatic carbocycles. The molecule has 0 N–H and O–H groups in total. The molecule has 0 amide bonds. The van der Waals surface area contributed by atoms with E-state index in [0.29, 0.717) is 6.10 Å². The van der Waals surface area contributed by atoms with Crippen molar-refractivity contribution in [3.63, 3.8) is 0 Å². The number of ether oxygens (including phenoxy) is 2. The largest absolute Gasteiger partial charge is 0.338 e. The molecule has 2 saturated heterocycles. The summed E-state index contributed by atoms with van der Waals surface area (Å²) in [5.41, 5.74) is 0.181. The van der Waals surface area contributed by atoms with E-state index >= 15 is 0 Å². The van der Waals surface area contributed by atoms with E-state index in [1.54, 1.807) is 0 Å². The SMILES string of the molecule is C1CCC(CC23CCCC4(OC24)O3)CC1. The van der Waals surface area contributed by atoms with Crippen molar-refractivity contribution in [3.8, 4) is 0 Å². The molecule has 0 aromatic rings. The van der Waals surface area contributed by atoms with Gasteiger partial charge in [0.15, 0.2) is 5.79 Å². The minimum Gasteiger partial charge on any atom is -0.338 e. The highest BCUT2D eigenvalue weighted by Crippen LogP contribution is 2.67. The van der Waals surface area contributed by atoms with Gasteiger partial charge in [-0.15, -0.1) is 0 Å². The topological polar surface area (TPSA) is 21.8 Å². The molecular weight excluding hydrogens is 188 g/mol. The molecule has 84 valence electrons. The molecule has 3 atom stereocenters. The minimum absolute atomic E-state index is 0.0487. The van der Waals surface area contributed by atoms with Gasteiger partial charge in [-0.1, -0.05) is 32.1 Å². The lowest BCUT2D eigenvalue weighted by atomic mass is 9.70. The smallest absolute Gasteiger partial charge is 0.199 e.